The van der Waals surface area contributed by atoms with Crippen molar-refractivity contribution in [3.05, 3.63) is 5.21 Å². The minimum Gasteiger partial charge on any atom is -0.611 e. The molecule has 2 fully saturated rings. The third kappa shape index (κ3) is 5.30. The van der Waals surface area contributed by atoms with E-state index in [1.807, 2.05) is 19.9 Å². The van der Waals surface area contributed by atoms with E-state index >= 15 is 0 Å². The Kier molecular flexibility index (Phi) is 6.93. The Hall–Kier alpha value is -1.06. The zero-order valence-corrected chi connectivity index (χ0v) is 17.1. The third-order valence-electron chi connectivity index (χ3n) is 5.60. The smallest absolute Gasteiger partial charge is 0.491 e. The maximum Gasteiger partial charge on any atom is 0.491 e. The van der Waals surface area contributed by atoms with Gasteiger partial charge in [0.1, 0.15) is 18.6 Å². The van der Waals surface area contributed by atoms with Gasteiger partial charge in [-0.05, 0) is 18.8 Å². The van der Waals surface area contributed by atoms with E-state index in [4.69, 9.17) is 5.84 Å². The van der Waals surface area contributed by atoms with Crippen LogP contribution in [-0.4, -0.2) is 58.3 Å². The standard InChI is InChI=1S/C17H27F3N4O3S/c1-11-4-5-13(16(2,3)8-11)24(22,26)7-6-23-12(9-21)10-28-15(23)27-14(25)17(18,19)20/h11-13,15H,4-8,10,22H2,1-3H3. The number of rotatable bonds is 5. The number of thioether (sulfide) groups is 1. The predicted molar refractivity (Wildman–Crippen MR) is 97.8 cm³/mol. The van der Waals surface area contributed by atoms with Gasteiger partial charge >= 0.3 is 12.1 Å². The molecule has 1 saturated heterocycles. The summed E-state index contributed by atoms with van der Waals surface area (Å²) >= 11 is 0.924. The summed E-state index contributed by atoms with van der Waals surface area (Å²) in [5.74, 6) is 4.44. The SMILES string of the molecule is CC1CCC([N+](N)([O-])CCN2C(C#N)CSC2OC(=O)C(F)(F)F)C(C)(C)C1. The van der Waals surface area contributed by atoms with E-state index in [1.54, 1.807) is 0 Å². The van der Waals surface area contributed by atoms with Crippen LogP contribution in [0.15, 0.2) is 0 Å². The number of nitrogens with zero attached hydrogens (tertiary/aromatic N) is 3. The highest BCUT2D eigenvalue weighted by molar-refractivity contribution is 8.00. The molecular formula is C17H27F3N4O3S. The molecule has 28 heavy (non-hydrogen) atoms. The maximum absolute atomic E-state index is 13.1. The first-order chi connectivity index (χ1) is 12.8. The van der Waals surface area contributed by atoms with Crippen LogP contribution in [0.5, 0.6) is 0 Å². The van der Waals surface area contributed by atoms with Gasteiger partial charge in [0.15, 0.2) is 0 Å². The number of carbonyl (C=O) groups excluding carboxylic acids is 1. The number of nitriles is 1. The molecule has 0 radical (unpaired) electrons. The van der Waals surface area contributed by atoms with E-state index < -0.39 is 28.5 Å². The summed E-state index contributed by atoms with van der Waals surface area (Å²) in [6.45, 7) is 5.99. The number of halogens is 3. The van der Waals surface area contributed by atoms with Crippen LogP contribution in [0.2, 0.25) is 0 Å². The van der Waals surface area contributed by atoms with E-state index in [0.717, 1.165) is 24.6 Å². The number of hydroxylamine groups is 2. The molecule has 0 aromatic carbocycles. The molecular weight excluding hydrogens is 397 g/mol. The number of hydrogen-bond donors (Lipinski definition) is 1. The lowest BCUT2D eigenvalue weighted by Gasteiger charge is -2.53. The largest absolute Gasteiger partial charge is 0.611 e. The van der Waals surface area contributed by atoms with Crippen molar-refractivity contribution < 1.29 is 27.5 Å². The molecule has 5 unspecified atom stereocenters. The summed E-state index contributed by atoms with van der Waals surface area (Å²) in [5.41, 5.74) is -1.54. The first kappa shape index (κ1) is 23.2. The molecule has 1 aliphatic heterocycles. The molecule has 11 heteroatoms. The summed E-state index contributed by atoms with van der Waals surface area (Å²) in [4.78, 5) is 12.5. The molecule has 2 rings (SSSR count). The Morgan fingerprint density at radius 2 is 2.11 bits per heavy atom. The molecule has 160 valence electrons. The molecule has 1 aliphatic carbocycles. The maximum atomic E-state index is 13.1. The van der Waals surface area contributed by atoms with Crippen LogP contribution >= 0.6 is 11.8 Å². The highest BCUT2D eigenvalue weighted by Crippen LogP contribution is 2.43. The normalized spacial score (nSPS) is 33.1. The van der Waals surface area contributed by atoms with Crippen LogP contribution in [0.25, 0.3) is 0 Å². The Balaban J connectivity index is 2.06. The Morgan fingerprint density at radius 3 is 2.64 bits per heavy atom. The first-order valence-electron chi connectivity index (χ1n) is 9.20. The van der Waals surface area contributed by atoms with Crippen LogP contribution in [0.4, 0.5) is 13.2 Å². The van der Waals surface area contributed by atoms with Gasteiger partial charge in [0, 0.05) is 17.6 Å². The van der Waals surface area contributed by atoms with Gasteiger partial charge in [-0.25, -0.2) is 9.69 Å². The second-order valence-electron chi connectivity index (χ2n) is 8.39. The molecule has 0 amide bonds. The van der Waals surface area contributed by atoms with Crippen molar-refractivity contribution in [1.82, 2.24) is 4.90 Å². The highest BCUT2D eigenvalue weighted by atomic mass is 32.2. The van der Waals surface area contributed by atoms with Crippen LogP contribution in [0, 0.1) is 27.9 Å². The van der Waals surface area contributed by atoms with Crippen molar-refractivity contribution in [2.24, 2.45) is 17.2 Å². The molecule has 5 atom stereocenters. The lowest BCUT2D eigenvalue weighted by molar-refractivity contribution is -0.925. The van der Waals surface area contributed by atoms with Gasteiger partial charge in [-0.1, -0.05) is 32.5 Å². The van der Waals surface area contributed by atoms with Crippen molar-refractivity contribution >= 4 is 17.7 Å². The van der Waals surface area contributed by atoms with Crippen molar-refractivity contribution in [2.45, 2.75) is 63.9 Å². The van der Waals surface area contributed by atoms with Gasteiger partial charge in [0.2, 0.25) is 5.56 Å². The number of ether oxygens (including phenoxy) is 1. The van der Waals surface area contributed by atoms with E-state index in [2.05, 4.69) is 11.7 Å². The minimum atomic E-state index is -5.12. The molecule has 2 aliphatic rings. The molecule has 2 N–H and O–H groups in total. The molecule has 0 aromatic rings. The summed E-state index contributed by atoms with van der Waals surface area (Å²) in [6.07, 6.45) is -2.70. The number of carbonyl (C=O) groups is 1. The molecule has 0 bridgehead atoms. The van der Waals surface area contributed by atoms with E-state index in [1.165, 1.54) is 4.90 Å². The average molecular weight is 424 g/mol. The van der Waals surface area contributed by atoms with Gasteiger partial charge in [0.25, 0.3) is 0 Å². The number of hydrogen-bond acceptors (Lipinski definition) is 7. The molecule has 1 heterocycles. The summed E-state index contributed by atoms with van der Waals surface area (Å²) < 4.78 is 41.0. The number of quaternary nitrogens is 1. The van der Waals surface area contributed by atoms with Crippen LogP contribution in [-0.2, 0) is 9.53 Å². The summed E-state index contributed by atoms with van der Waals surface area (Å²) in [5, 5.41) is 22.4. The van der Waals surface area contributed by atoms with Crippen molar-refractivity contribution in [1.29, 1.82) is 5.26 Å². The topological polar surface area (TPSA) is 102 Å². The van der Waals surface area contributed by atoms with Crippen LogP contribution in [0.1, 0.15) is 40.0 Å². The monoisotopic (exact) mass is 424 g/mol. The van der Waals surface area contributed by atoms with E-state index in [-0.39, 0.29) is 30.3 Å². The number of alkyl halides is 3. The van der Waals surface area contributed by atoms with E-state index in [9.17, 15) is 28.4 Å². The zero-order chi connectivity index (χ0) is 21.3. The van der Waals surface area contributed by atoms with Gasteiger partial charge in [-0.2, -0.15) is 24.3 Å². The molecule has 0 spiro atoms. The van der Waals surface area contributed by atoms with Crippen molar-refractivity contribution in [3.8, 4) is 6.07 Å². The van der Waals surface area contributed by atoms with Gasteiger partial charge < -0.3 is 9.94 Å². The highest BCUT2D eigenvalue weighted by Gasteiger charge is 2.47. The Morgan fingerprint density at radius 1 is 1.46 bits per heavy atom. The van der Waals surface area contributed by atoms with Gasteiger partial charge in [0.05, 0.1) is 12.6 Å². The Bertz CT molecular complexity index is 624. The first-order valence-corrected chi connectivity index (χ1v) is 10.2. The van der Waals surface area contributed by atoms with Crippen molar-refractivity contribution in [2.75, 3.05) is 18.8 Å². The predicted octanol–water partition coefficient (Wildman–Crippen LogP) is 2.72. The molecule has 0 aromatic heterocycles. The molecule has 7 nitrogen and oxygen atoms in total. The van der Waals surface area contributed by atoms with Gasteiger partial charge in [-0.15, -0.1) is 0 Å². The minimum absolute atomic E-state index is 0.0385. The number of esters is 1. The molecule has 1 saturated carbocycles. The summed E-state index contributed by atoms with van der Waals surface area (Å²) in [6, 6.07) is 0.871. The quantitative estimate of drug-likeness (QED) is 0.313. The fourth-order valence-corrected chi connectivity index (χ4v) is 5.56. The fourth-order valence-electron chi connectivity index (χ4n) is 4.35. The van der Waals surface area contributed by atoms with Crippen LogP contribution in [0.3, 0.4) is 0 Å². The second kappa shape index (κ2) is 8.36. The van der Waals surface area contributed by atoms with Crippen molar-refractivity contribution in [3.63, 3.8) is 0 Å². The third-order valence-corrected chi connectivity index (χ3v) is 6.76. The summed E-state index contributed by atoms with van der Waals surface area (Å²) in [7, 11) is 0. The number of nitrogens with two attached hydrogens (primary N) is 1. The zero-order valence-electron chi connectivity index (χ0n) is 16.2. The van der Waals surface area contributed by atoms with Crippen LogP contribution < -0.4 is 5.84 Å². The second-order valence-corrected chi connectivity index (χ2v) is 9.46. The van der Waals surface area contributed by atoms with Gasteiger partial charge in [-0.3, -0.25) is 4.76 Å². The fraction of sp³-hybridized carbons (Fsp3) is 0.882. The lowest BCUT2D eigenvalue weighted by Crippen LogP contribution is -2.65. The average Bonchev–Trinajstić information content (AvgIpc) is 2.92. The van der Waals surface area contributed by atoms with E-state index in [0.29, 0.717) is 12.3 Å². The Labute approximate surface area is 167 Å². The lowest BCUT2D eigenvalue weighted by atomic mass is 9.69.